The fourth-order valence-corrected chi connectivity index (χ4v) is 5.12. The van der Waals surface area contributed by atoms with Crippen LogP contribution in [0.3, 0.4) is 0 Å². The van der Waals surface area contributed by atoms with E-state index in [0.29, 0.717) is 54.3 Å². The minimum absolute atomic E-state index is 0.218. The molecular formula is C32H29N5O6. The minimum atomic E-state index is -0.655. The first-order chi connectivity index (χ1) is 20.9. The van der Waals surface area contributed by atoms with Crippen LogP contribution in [-0.2, 0) is 9.53 Å². The van der Waals surface area contributed by atoms with Gasteiger partial charge in [-0.3, -0.25) is 9.59 Å². The van der Waals surface area contributed by atoms with Crippen molar-refractivity contribution in [3.63, 3.8) is 0 Å². The molecule has 43 heavy (non-hydrogen) atoms. The van der Waals surface area contributed by atoms with Crippen molar-refractivity contribution in [3.8, 4) is 22.7 Å². The van der Waals surface area contributed by atoms with E-state index in [-0.39, 0.29) is 23.1 Å². The van der Waals surface area contributed by atoms with Crippen molar-refractivity contribution in [2.45, 2.75) is 6.92 Å². The van der Waals surface area contributed by atoms with E-state index < -0.39 is 12.6 Å². The van der Waals surface area contributed by atoms with Gasteiger partial charge in [0.1, 0.15) is 5.75 Å². The normalized spacial score (nSPS) is 13.3. The summed E-state index contributed by atoms with van der Waals surface area (Å²) < 4.78 is 17.8. The average Bonchev–Trinajstić information content (AvgIpc) is 3.72. The maximum absolute atomic E-state index is 13.6. The molecule has 0 aliphatic carbocycles. The number of piperazine rings is 1. The number of carbonyl (C=O) groups excluding carboxylic acids is 3. The fourth-order valence-electron chi connectivity index (χ4n) is 5.12. The van der Waals surface area contributed by atoms with E-state index in [2.05, 4.69) is 5.10 Å². The fraction of sp³-hybridized carbons (Fsp3) is 0.219. The third kappa shape index (κ3) is 5.56. The molecule has 0 spiro atoms. The molecule has 2 aromatic carbocycles. The Morgan fingerprint density at radius 1 is 0.907 bits per heavy atom. The number of furan rings is 1. The van der Waals surface area contributed by atoms with Gasteiger partial charge in [0.25, 0.3) is 11.8 Å². The number of methoxy groups -OCH3 is 1. The number of amides is 2. The number of esters is 1. The van der Waals surface area contributed by atoms with E-state index in [0.717, 1.165) is 11.3 Å². The first-order valence-corrected chi connectivity index (χ1v) is 13.8. The van der Waals surface area contributed by atoms with Crippen LogP contribution in [0.5, 0.6) is 5.75 Å². The van der Waals surface area contributed by atoms with Crippen molar-refractivity contribution in [2.75, 3.05) is 39.9 Å². The number of para-hydroxylation sites is 1. The van der Waals surface area contributed by atoms with Crippen molar-refractivity contribution in [1.29, 1.82) is 0 Å². The summed E-state index contributed by atoms with van der Waals surface area (Å²) in [6.45, 7) is 2.74. The van der Waals surface area contributed by atoms with Crippen LogP contribution in [0.1, 0.15) is 26.6 Å². The molecule has 5 aromatic rings. The van der Waals surface area contributed by atoms with Gasteiger partial charge in [-0.15, -0.1) is 0 Å². The largest absolute Gasteiger partial charge is 0.497 e. The Bertz CT molecular complexity index is 1770. The van der Waals surface area contributed by atoms with Crippen molar-refractivity contribution in [3.05, 3.63) is 96.1 Å². The highest BCUT2D eigenvalue weighted by atomic mass is 16.5. The Morgan fingerprint density at radius 2 is 1.63 bits per heavy atom. The van der Waals surface area contributed by atoms with Crippen LogP contribution in [0.4, 0.5) is 0 Å². The minimum Gasteiger partial charge on any atom is -0.497 e. The molecule has 0 saturated carbocycles. The zero-order chi connectivity index (χ0) is 29.9. The maximum Gasteiger partial charge on any atom is 0.339 e. The second kappa shape index (κ2) is 11.8. The Hall–Kier alpha value is -5.45. The third-order valence-corrected chi connectivity index (χ3v) is 7.40. The first-order valence-electron chi connectivity index (χ1n) is 13.8. The lowest BCUT2D eigenvalue weighted by molar-refractivity contribution is -0.136. The highest BCUT2D eigenvalue weighted by Crippen LogP contribution is 2.30. The maximum atomic E-state index is 13.6. The van der Waals surface area contributed by atoms with Crippen molar-refractivity contribution < 1.29 is 28.3 Å². The summed E-state index contributed by atoms with van der Waals surface area (Å²) in [7, 11) is 1.59. The van der Waals surface area contributed by atoms with Gasteiger partial charge in [0.05, 0.1) is 41.4 Å². The molecule has 0 radical (unpaired) electrons. The van der Waals surface area contributed by atoms with Gasteiger partial charge in [0, 0.05) is 31.7 Å². The van der Waals surface area contributed by atoms with E-state index in [1.807, 2.05) is 61.5 Å². The van der Waals surface area contributed by atoms with Crippen LogP contribution in [0.15, 0.2) is 83.5 Å². The highest BCUT2D eigenvalue weighted by molar-refractivity contribution is 6.05. The number of pyridine rings is 1. The van der Waals surface area contributed by atoms with E-state index in [9.17, 15) is 14.4 Å². The summed E-state index contributed by atoms with van der Waals surface area (Å²) in [4.78, 5) is 47.2. The van der Waals surface area contributed by atoms with Crippen molar-refractivity contribution in [1.82, 2.24) is 24.6 Å². The second-order valence-corrected chi connectivity index (χ2v) is 10.0. The molecular weight excluding hydrogens is 550 g/mol. The second-order valence-electron chi connectivity index (χ2n) is 10.0. The summed E-state index contributed by atoms with van der Waals surface area (Å²) in [6, 6.07) is 21.8. The lowest BCUT2D eigenvalue weighted by atomic mass is 10.1. The quantitative estimate of drug-likeness (QED) is 0.264. The van der Waals surface area contributed by atoms with E-state index in [1.165, 1.54) is 6.26 Å². The smallest absolute Gasteiger partial charge is 0.339 e. The number of ether oxygens (including phenoxy) is 2. The number of aryl methyl sites for hydroxylation is 1. The molecule has 1 saturated heterocycles. The van der Waals surface area contributed by atoms with Gasteiger partial charge in [-0.2, -0.15) is 5.10 Å². The molecule has 1 aliphatic heterocycles. The van der Waals surface area contributed by atoms with Gasteiger partial charge < -0.3 is 23.7 Å². The van der Waals surface area contributed by atoms with E-state index in [4.69, 9.17) is 18.9 Å². The molecule has 4 heterocycles. The van der Waals surface area contributed by atoms with Crippen LogP contribution >= 0.6 is 0 Å². The molecule has 2 amide bonds. The van der Waals surface area contributed by atoms with Gasteiger partial charge in [-0.1, -0.05) is 18.2 Å². The monoisotopic (exact) mass is 579 g/mol. The van der Waals surface area contributed by atoms with Crippen LogP contribution in [-0.4, -0.2) is 82.2 Å². The van der Waals surface area contributed by atoms with Crippen molar-refractivity contribution in [2.24, 2.45) is 0 Å². The molecule has 0 N–H and O–H groups in total. The Labute approximate surface area is 247 Å². The number of fused-ring (bicyclic) bond motifs is 1. The standard InChI is InChI=1S/C32H29N5O6/c1-21-29-25(32(40)43-20-28(38)35-14-16-36(17-15-35)31(39)27-9-6-18-42-27)19-26(22-10-12-24(41-2)13-11-22)33-30(29)37(34-21)23-7-4-3-5-8-23/h3-13,18-19H,14-17,20H2,1-2H3. The molecule has 3 aromatic heterocycles. The lowest BCUT2D eigenvalue weighted by Crippen LogP contribution is -2.51. The molecule has 1 aliphatic rings. The van der Waals surface area contributed by atoms with Gasteiger partial charge in [-0.05, 0) is 61.5 Å². The molecule has 11 heteroatoms. The number of hydrogen-bond acceptors (Lipinski definition) is 8. The summed E-state index contributed by atoms with van der Waals surface area (Å²) >= 11 is 0. The molecule has 6 rings (SSSR count). The van der Waals surface area contributed by atoms with Gasteiger partial charge >= 0.3 is 5.97 Å². The topological polar surface area (TPSA) is 120 Å². The molecule has 0 unspecified atom stereocenters. The summed E-state index contributed by atoms with van der Waals surface area (Å²) in [6.07, 6.45) is 1.45. The number of benzene rings is 2. The zero-order valence-electron chi connectivity index (χ0n) is 23.7. The number of nitrogens with zero attached hydrogens (tertiary/aromatic N) is 5. The lowest BCUT2D eigenvalue weighted by Gasteiger charge is -2.34. The summed E-state index contributed by atoms with van der Waals surface area (Å²) in [5.74, 6) is -0.255. The molecule has 218 valence electrons. The summed E-state index contributed by atoms with van der Waals surface area (Å²) in [5, 5.41) is 5.23. The molecule has 1 fully saturated rings. The zero-order valence-corrected chi connectivity index (χ0v) is 23.7. The predicted octanol–water partition coefficient (Wildman–Crippen LogP) is 4.14. The Morgan fingerprint density at radius 3 is 2.30 bits per heavy atom. The van der Waals surface area contributed by atoms with E-state index in [1.54, 1.807) is 39.8 Å². The Balaban J connectivity index is 1.24. The van der Waals surface area contributed by atoms with Gasteiger partial charge in [0.15, 0.2) is 18.0 Å². The summed E-state index contributed by atoms with van der Waals surface area (Å²) in [5.41, 5.74) is 3.46. The SMILES string of the molecule is COc1ccc(-c2cc(C(=O)OCC(=O)N3CCN(C(=O)c4ccco4)CC3)c3c(C)nn(-c4ccccc4)c3n2)cc1. The third-order valence-electron chi connectivity index (χ3n) is 7.40. The number of aromatic nitrogens is 3. The van der Waals surface area contributed by atoms with Gasteiger partial charge in [0.2, 0.25) is 0 Å². The van der Waals surface area contributed by atoms with Crippen LogP contribution < -0.4 is 4.74 Å². The molecule has 0 bridgehead atoms. The number of carbonyl (C=O) groups is 3. The molecule has 0 atom stereocenters. The number of hydrogen-bond donors (Lipinski definition) is 0. The van der Waals surface area contributed by atoms with Crippen LogP contribution in [0.25, 0.3) is 28.0 Å². The van der Waals surface area contributed by atoms with Crippen LogP contribution in [0.2, 0.25) is 0 Å². The van der Waals surface area contributed by atoms with Gasteiger partial charge in [-0.25, -0.2) is 14.5 Å². The van der Waals surface area contributed by atoms with E-state index >= 15 is 0 Å². The van der Waals surface area contributed by atoms with Crippen LogP contribution in [0, 0.1) is 6.92 Å². The van der Waals surface area contributed by atoms with Crippen molar-refractivity contribution >= 4 is 28.8 Å². The Kier molecular flexibility index (Phi) is 7.61. The number of rotatable bonds is 7. The first kappa shape index (κ1) is 27.7. The predicted molar refractivity (Wildman–Crippen MR) is 157 cm³/mol. The average molecular weight is 580 g/mol. The highest BCUT2D eigenvalue weighted by Gasteiger charge is 2.28. The molecule has 11 nitrogen and oxygen atoms in total.